The molecule has 0 aromatic carbocycles. The Morgan fingerprint density at radius 3 is 2.74 bits per heavy atom. The first-order valence-electron chi connectivity index (χ1n) is 5.13. The van der Waals surface area contributed by atoms with Gasteiger partial charge in [-0.3, -0.25) is 9.69 Å². The van der Waals surface area contributed by atoms with Crippen LogP contribution in [0, 0.1) is 0 Å². The molecule has 1 aliphatic rings. The van der Waals surface area contributed by atoms with Gasteiger partial charge in [-0.05, 0) is 0 Å². The van der Waals surface area contributed by atoms with Crippen LogP contribution in [0.5, 0.6) is 5.88 Å². The Labute approximate surface area is 113 Å². The van der Waals surface area contributed by atoms with Gasteiger partial charge in [-0.15, -0.1) is 3.89 Å². The summed E-state index contributed by atoms with van der Waals surface area (Å²) >= 11 is 5.72. The number of carbonyl (C=O) groups excluding carboxylic acids is 1. The van der Waals surface area contributed by atoms with Gasteiger partial charge in [0, 0.05) is 19.0 Å². The van der Waals surface area contributed by atoms with Gasteiger partial charge in [-0.1, -0.05) is 11.6 Å². The van der Waals surface area contributed by atoms with E-state index >= 15 is 0 Å². The third-order valence-electron chi connectivity index (χ3n) is 2.60. The summed E-state index contributed by atoms with van der Waals surface area (Å²) in [4.78, 5) is 20.3. The third-order valence-corrected chi connectivity index (χ3v) is 3.90. The minimum Gasteiger partial charge on any atom is -0.481 e. The molecule has 19 heavy (non-hydrogen) atoms. The summed E-state index contributed by atoms with van der Waals surface area (Å²) in [6, 6.07) is 1.33. The number of hydrogen-bond donors (Lipinski definition) is 0. The quantitative estimate of drug-likeness (QED) is 0.598. The van der Waals surface area contributed by atoms with E-state index in [1.165, 1.54) is 13.2 Å². The lowest BCUT2D eigenvalue weighted by atomic mass is 10.4. The Kier molecular flexibility index (Phi) is 3.59. The number of rotatable bonds is 3. The van der Waals surface area contributed by atoms with Crippen LogP contribution in [0.1, 0.15) is 6.42 Å². The molecule has 1 fully saturated rings. The molecule has 0 saturated carbocycles. The van der Waals surface area contributed by atoms with Gasteiger partial charge in [0.1, 0.15) is 10.4 Å². The van der Waals surface area contributed by atoms with Crippen LogP contribution in [-0.2, 0) is 15.0 Å². The van der Waals surface area contributed by atoms with Gasteiger partial charge in [-0.2, -0.15) is 13.4 Å². The minimum absolute atomic E-state index is 0.0289. The van der Waals surface area contributed by atoms with E-state index in [1.807, 2.05) is 0 Å². The molecule has 1 atom stereocenters. The van der Waals surface area contributed by atoms with E-state index in [4.69, 9.17) is 16.3 Å². The number of nitrogens with zero attached hydrogens (tertiary/aromatic N) is 3. The maximum atomic E-state index is 12.9. The molecule has 0 bridgehead atoms. The van der Waals surface area contributed by atoms with Crippen molar-refractivity contribution in [1.82, 2.24) is 9.97 Å². The van der Waals surface area contributed by atoms with Crippen LogP contribution in [0.4, 0.5) is 9.83 Å². The highest BCUT2D eigenvalue weighted by atomic mass is 35.5. The zero-order chi connectivity index (χ0) is 14.2. The Balaban J connectivity index is 2.33. The third kappa shape index (κ3) is 2.92. The number of anilines is 1. The predicted molar refractivity (Wildman–Crippen MR) is 64.4 cm³/mol. The molecule has 1 saturated heterocycles. The zero-order valence-corrected chi connectivity index (χ0v) is 11.3. The first kappa shape index (κ1) is 13.9. The predicted octanol–water partition coefficient (Wildman–Crippen LogP) is 0.543. The summed E-state index contributed by atoms with van der Waals surface area (Å²) < 4.78 is 39.4. The molecular weight excluding hydrogens is 301 g/mol. The van der Waals surface area contributed by atoms with Crippen LogP contribution < -0.4 is 9.64 Å². The summed E-state index contributed by atoms with van der Waals surface area (Å²) in [5.74, 6) is -0.578. The topological polar surface area (TPSA) is 89.5 Å². The molecular formula is C9H9ClFN3O4S. The van der Waals surface area contributed by atoms with Crippen molar-refractivity contribution in [3.63, 3.8) is 0 Å². The second kappa shape index (κ2) is 4.89. The maximum Gasteiger partial charge on any atom is 0.307 e. The van der Waals surface area contributed by atoms with Crippen molar-refractivity contribution in [3.8, 4) is 5.88 Å². The number of hydrogen-bond acceptors (Lipinski definition) is 6. The van der Waals surface area contributed by atoms with E-state index in [9.17, 15) is 17.1 Å². The molecule has 7 nitrogen and oxygen atoms in total. The fraction of sp³-hybridized carbons (Fsp3) is 0.444. The zero-order valence-electron chi connectivity index (χ0n) is 9.71. The molecule has 1 amide bonds. The Hall–Kier alpha value is -1.48. The molecule has 0 N–H and O–H groups in total. The Bertz CT molecular complexity index is 624. The van der Waals surface area contributed by atoms with Crippen molar-refractivity contribution < 1.29 is 21.8 Å². The molecule has 1 aromatic heterocycles. The molecule has 2 heterocycles. The molecule has 2 rings (SSSR count). The normalized spacial score (nSPS) is 19.8. The van der Waals surface area contributed by atoms with Crippen LogP contribution in [0.15, 0.2) is 6.07 Å². The number of methoxy groups -OCH3 is 1. The number of carbonyl (C=O) groups is 1. The molecule has 1 aliphatic heterocycles. The largest absolute Gasteiger partial charge is 0.481 e. The highest BCUT2D eigenvalue weighted by Crippen LogP contribution is 2.26. The van der Waals surface area contributed by atoms with Gasteiger partial charge in [0.25, 0.3) is 0 Å². The van der Waals surface area contributed by atoms with Crippen LogP contribution in [-0.4, -0.2) is 43.2 Å². The van der Waals surface area contributed by atoms with Gasteiger partial charge >= 0.3 is 10.2 Å². The van der Waals surface area contributed by atoms with E-state index < -0.39 is 27.8 Å². The Morgan fingerprint density at radius 2 is 2.21 bits per heavy atom. The van der Waals surface area contributed by atoms with E-state index in [0.717, 1.165) is 4.90 Å². The lowest BCUT2D eigenvalue weighted by molar-refractivity contribution is -0.117. The molecule has 0 radical (unpaired) electrons. The van der Waals surface area contributed by atoms with Crippen molar-refractivity contribution in [2.24, 2.45) is 0 Å². The van der Waals surface area contributed by atoms with Crippen molar-refractivity contribution >= 4 is 33.7 Å². The summed E-state index contributed by atoms with van der Waals surface area (Å²) in [6.07, 6.45) is -0.447. The lowest BCUT2D eigenvalue weighted by Gasteiger charge is -2.14. The van der Waals surface area contributed by atoms with Gasteiger partial charge in [0.05, 0.1) is 7.11 Å². The highest BCUT2D eigenvalue weighted by molar-refractivity contribution is 7.87. The average molecular weight is 310 g/mol. The lowest BCUT2D eigenvalue weighted by Crippen LogP contribution is -2.28. The molecule has 0 aliphatic carbocycles. The Morgan fingerprint density at radius 1 is 1.53 bits per heavy atom. The fourth-order valence-electron chi connectivity index (χ4n) is 1.67. The fourth-order valence-corrected chi connectivity index (χ4v) is 2.51. The molecule has 0 spiro atoms. The molecule has 104 valence electrons. The SMILES string of the molecule is COc1cc(Cl)nc(N2CC(S(=O)(=O)F)CC2=O)n1. The van der Waals surface area contributed by atoms with E-state index in [0.29, 0.717) is 0 Å². The first-order chi connectivity index (χ1) is 8.81. The molecule has 1 unspecified atom stereocenters. The highest BCUT2D eigenvalue weighted by Gasteiger charge is 2.40. The summed E-state index contributed by atoms with van der Waals surface area (Å²) in [5.41, 5.74) is 0. The molecule has 1 aromatic rings. The smallest absolute Gasteiger partial charge is 0.307 e. The monoisotopic (exact) mass is 309 g/mol. The van der Waals surface area contributed by atoms with E-state index in [1.54, 1.807) is 0 Å². The van der Waals surface area contributed by atoms with Crippen LogP contribution in [0.25, 0.3) is 0 Å². The summed E-state index contributed by atoms with van der Waals surface area (Å²) in [7, 11) is -3.43. The van der Waals surface area contributed by atoms with Crippen LogP contribution in [0.3, 0.4) is 0 Å². The second-order valence-electron chi connectivity index (χ2n) is 3.84. The van der Waals surface area contributed by atoms with Gasteiger partial charge in [0.15, 0.2) is 0 Å². The van der Waals surface area contributed by atoms with Crippen molar-refractivity contribution in [2.75, 3.05) is 18.6 Å². The van der Waals surface area contributed by atoms with Crippen LogP contribution in [0.2, 0.25) is 5.15 Å². The minimum atomic E-state index is -4.78. The van der Waals surface area contributed by atoms with Gasteiger partial charge < -0.3 is 4.74 Å². The average Bonchev–Trinajstić information content (AvgIpc) is 2.70. The maximum absolute atomic E-state index is 12.9. The van der Waals surface area contributed by atoms with E-state index in [2.05, 4.69) is 9.97 Å². The number of halogens is 2. The second-order valence-corrected chi connectivity index (χ2v) is 5.84. The van der Waals surface area contributed by atoms with Crippen molar-refractivity contribution in [3.05, 3.63) is 11.2 Å². The van der Waals surface area contributed by atoms with Gasteiger partial charge in [0.2, 0.25) is 17.7 Å². The van der Waals surface area contributed by atoms with E-state index in [-0.39, 0.29) is 23.5 Å². The summed E-state index contributed by atoms with van der Waals surface area (Å²) in [6.45, 7) is -0.346. The van der Waals surface area contributed by atoms with Crippen molar-refractivity contribution in [2.45, 2.75) is 11.7 Å². The summed E-state index contributed by atoms with van der Waals surface area (Å²) in [5, 5.41) is -1.38. The standard InChI is InChI=1S/C9H9ClFN3O4S/c1-18-7-3-6(10)12-9(13-7)14-4-5(2-8(14)15)19(11,16)17/h3,5H,2,4H2,1H3. The van der Waals surface area contributed by atoms with Crippen LogP contribution >= 0.6 is 11.6 Å². The number of amides is 1. The molecule has 10 heteroatoms. The van der Waals surface area contributed by atoms with Gasteiger partial charge in [-0.25, -0.2) is 4.98 Å². The first-order valence-corrected chi connectivity index (χ1v) is 6.96. The van der Waals surface area contributed by atoms with Crippen molar-refractivity contribution in [1.29, 1.82) is 0 Å². The number of aromatic nitrogens is 2. The number of ether oxygens (including phenoxy) is 1.